The Morgan fingerprint density at radius 3 is 2.74 bits per heavy atom. The highest BCUT2D eigenvalue weighted by Crippen LogP contribution is 2.31. The zero-order valence-electron chi connectivity index (χ0n) is 16.9. The standard InChI is InChI=1S/C22H22ClN5O2S/c1-28-18-9-2-12(20(30)24-14-4-6-15(29)7-5-14)10-17(18)25-21(28)27-22-26-16-8-3-13(23)11-19(16)31-22/h2-3,8-11,14-15,29H,4-7H2,1H3,(H,24,30)(H,25,26,27)/t14-,15-. The van der Waals surface area contributed by atoms with Crippen LogP contribution in [0.1, 0.15) is 36.0 Å². The first kappa shape index (κ1) is 20.2. The lowest BCUT2D eigenvalue weighted by molar-refractivity contribution is 0.0868. The number of rotatable bonds is 4. The Bertz CT molecular complexity index is 1280. The maximum absolute atomic E-state index is 12.7. The molecule has 0 unspecified atom stereocenters. The molecule has 9 heteroatoms. The van der Waals surface area contributed by atoms with E-state index in [9.17, 15) is 9.90 Å². The van der Waals surface area contributed by atoms with Crippen molar-refractivity contribution < 1.29 is 9.90 Å². The number of aromatic nitrogens is 3. The summed E-state index contributed by atoms with van der Waals surface area (Å²) in [5.74, 6) is 0.547. The van der Waals surface area contributed by atoms with Gasteiger partial charge in [-0.1, -0.05) is 22.9 Å². The number of thiazole rings is 1. The number of aliphatic hydroxyl groups excluding tert-OH is 1. The molecular weight excluding hydrogens is 434 g/mol. The maximum Gasteiger partial charge on any atom is 0.251 e. The van der Waals surface area contributed by atoms with Crippen LogP contribution in [0, 0.1) is 0 Å². The van der Waals surface area contributed by atoms with Gasteiger partial charge in [0, 0.05) is 23.7 Å². The molecule has 4 aromatic rings. The molecule has 0 aliphatic heterocycles. The molecule has 5 rings (SSSR count). The third kappa shape index (κ3) is 4.11. The molecule has 2 heterocycles. The molecule has 0 atom stereocenters. The predicted octanol–water partition coefficient (Wildman–Crippen LogP) is 4.61. The van der Waals surface area contributed by atoms with Crippen molar-refractivity contribution in [3.8, 4) is 0 Å². The van der Waals surface area contributed by atoms with E-state index < -0.39 is 0 Å². The number of aliphatic hydroxyl groups is 1. The van der Waals surface area contributed by atoms with E-state index in [1.807, 2.05) is 48.0 Å². The van der Waals surface area contributed by atoms with E-state index >= 15 is 0 Å². The number of aryl methyl sites for hydroxylation is 1. The average Bonchev–Trinajstić information content (AvgIpc) is 3.29. The lowest BCUT2D eigenvalue weighted by Crippen LogP contribution is -2.38. The van der Waals surface area contributed by atoms with Crippen LogP contribution in [0.2, 0.25) is 5.02 Å². The minimum Gasteiger partial charge on any atom is -0.393 e. The lowest BCUT2D eigenvalue weighted by Gasteiger charge is -2.26. The van der Waals surface area contributed by atoms with Gasteiger partial charge in [-0.3, -0.25) is 4.79 Å². The minimum atomic E-state index is -0.239. The summed E-state index contributed by atoms with van der Waals surface area (Å²) in [6.07, 6.45) is 2.84. The Kier molecular flexibility index (Phi) is 5.29. The van der Waals surface area contributed by atoms with Crippen molar-refractivity contribution in [2.24, 2.45) is 7.05 Å². The van der Waals surface area contributed by atoms with Crippen molar-refractivity contribution in [1.29, 1.82) is 0 Å². The van der Waals surface area contributed by atoms with Gasteiger partial charge in [0.15, 0.2) is 5.13 Å². The van der Waals surface area contributed by atoms with Gasteiger partial charge < -0.3 is 20.3 Å². The van der Waals surface area contributed by atoms with Gasteiger partial charge in [0.2, 0.25) is 5.95 Å². The van der Waals surface area contributed by atoms with E-state index in [1.165, 1.54) is 11.3 Å². The summed E-state index contributed by atoms with van der Waals surface area (Å²) in [6.45, 7) is 0. The highest BCUT2D eigenvalue weighted by atomic mass is 35.5. The van der Waals surface area contributed by atoms with Gasteiger partial charge in [-0.05, 0) is 62.1 Å². The second-order valence-corrected chi connectivity index (χ2v) is 9.40. The van der Waals surface area contributed by atoms with E-state index in [2.05, 4.69) is 20.6 Å². The number of anilines is 2. The second kappa shape index (κ2) is 8.11. The maximum atomic E-state index is 12.7. The summed E-state index contributed by atoms with van der Waals surface area (Å²) in [6, 6.07) is 11.3. The Balaban J connectivity index is 1.36. The lowest BCUT2D eigenvalue weighted by atomic mass is 9.93. The topological polar surface area (TPSA) is 92.1 Å². The molecule has 0 radical (unpaired) electrons. The molecule has 2 aromatic carbocycles. The number of nitrogens with one attached hydrogen (secondary N) is 2. The van der Waals surface area contributed by atoms with Crippen LogP contribution in [0.25, 0.3) is 21.3 Å². The number of carbonyl (C=O) groups excluding carboxylic acids is 1. The van der Waals surface area contributed by atoms with Crippen LogP contribution in [-0.2, 0) is 7.05 Å². The first-order valence-corrected chi connectivity index (χ1v) is 11.4. The Labute approximate surface area is 188 Å². The largest absolute Gasteiger partial charge is 0.393 e. The molecule has 2 aromatic heterocycles. The van der Waals surface area contributed by atoms with E-state index in [1.54, 1.807) is 0 Å². The van der Waals surface area contributed by atoms with E-state index in [4.69, 9.17) is 11.6 Å². The van der Waals surface area contributed by atoms with E-state index in [0.717, 1.165) is 52.1 Å². The number of benzene rings is 2. The van der Waals surface area contributed by atoms with Gasteiger partial charge in [0.05, 0.1) is 27.4 Å². The van der Waals surface area contributed by atoms with Crippen LogP contribution in [0.15, 0.2) is 36.4 Å². The number of nitrogens with zero attached hydrogens (tertiary/aromatic N) is 3. The number of carbonyl (C=O) groups is 1. The summed E-state index contributed by atoms with van der Waals surface area (Å²) in [5.41, 5.74) is 3.12. The molecule has 7 nitrogen and oxygen atoms in total. The molecule has 160 valence electrons. The predicted molar refractivity (Wildman–Crippen MR) is 124 cm³/mol. The van der Waals surface area contributed by atoms with Gasteiger partial charge in [0.1, 0.15) is 0 Å². The fourth-order valence-corrected chi connectivity index (χ4v) is 5.12. The molecule has 1 aliphatic carbocycles. The van der Waals surface area contributed by atoms with Crippen LogP contribution < -0.4 is 10.6 Å². The third-order valence-electron chi connectivity index (χ3n) is 5.74. The first-order valence-electron chi connectivity index (χ1n) is 10.2. The number of hydrogen-bond donors (Lipinski definition) is 3. The second-order valence-electron chi connectivity index (χ2n) is 7.93. The molecule has 1 saturated carbocycles. The van der Waals surface area contributed by atoms with Crippen LogP contribution in [0.4, 0.5) is 11.1 Å². The van der Waals surface area contributed by atoms with Gasteiger partial charge in [0.25, 0.3) is 5.91 Å². The highest BCUT2D eigenvalue weighted by Gasteiger charge is 2.21. The number of hydrogen-bond acceptors (Lipinski definition) is 6. The first-order chi connectivity index (χ1) is 15.0. The van der Waals surface area contributed by atoms with Crippen molar-refractivity contribution >= 4 is 61.2 Å². The Morgan fingerprint density at radius 2 is 1.94 bits per heavy atom. The monoisotopic (exact) mass is 455 g/mol. The molecule has 1 amide bonds. The van der Waals surface area contributed by atoms with E-state index in [-0.39, 0.29) is 18.1 Å². The van der Waals surface area contributed by atoms with E-state index in [0.29, 0.717) is 16.5 Å². The van der Waals surface area contributed by atoms with Crippen LogP contribution in [-0.4, -0.2) is 37.7 Å². The number of amides is 1. The zero-order chi connectivity index (χ0) is 21.5. The third-order valence-corrected chi connectivity index (χ3v) is 6.91. The molecule has 31 heavy (non-hydrogen) atoms. The van der Waals surface area contributed by atoms with Crippen LogP contribution in [0.3, 0.4) is 0 Å². The van der Waals surface area contributed by atoms with Crippen molar-refractivity contribution in [2.75, 3.05) is 5.32 Å². The van der Waals surface area contributed by atoms with Gasteiger partial charge in [-0.15, -0.1) is 0 Å². The average molecular weight is 456 g/mol. The summed E-state index contributed by atoms with van der Waals surface area (Å²) in [5, 5.41) is 17.4. The minimum absolute atomic E-state index is 0.105. The molecule has 3 N–H and O–H groups in total. The van der Waals surface area contributed by atoms with Crippen molar-refractivity contribution in [3.63, 3.8) is 0 Å². The highest BCUT2D eigenvalue weighted by molar-refractivity contribution is 7.22. The van der Waals surface area contributed by atoms with Gasteiger partial charge >= 0.3 is 0 Å². The molecule has 0 bridgehead atoms. The molecule has 1 fully saturated rings. The van der Waals surface area contributed by atoms with Gasteiger partial charge in [-0.25, -0.2) is 9.97 Å². The van der Waals surface area contributed by atoms with Crippen molar-refractivity contribution in [3.05, 3.63) is 47.0 Å². The number of halogens is 1. The summed E-state index contributed by atoms with van der Waals surface area (Å²) >= 11 is 7.58. The number of imidazole rings is 1. The smallest absolute Gasteiger partial charge is 0.251 e. The normalized spacial score (nSPS) is 19.1. The Hall–Kier alpha value is -2.68. The summed E-state index contributed by atoms with van der Waals surface area (Å²) < 4.78 is 2.95. The SMILES string of the molecule is Cn1c(Nc2nc3ccc(Cl)cc3s2)nc2cc(C(=O)N[C@H]3CC[C@H](O)CC3)ccc21. The van der Waals surface area contributed by atoms with Gasteiger partial charge in [-0.2, -0.15) is 0 Å². The molecular formula is C22H22ClN5O2S. The fraction of sp³-hybridized carbons (Fsp3) is 0.318. The van der Waals surface area contributed by atoms with Crippen molar-refractivity contribution in [2.45, 2.75) is 37.8 Å². The molecule has 0 saturated heterocycles. The van der Waals surface area contributed by atoms with Crippen LogP contribution in [0.5, 0.6) is 0 Å². The quantitative estimate of drug-likeness (QED) is 0.418. The Morgan fingerprint density at radius 1 is 1.13 bits per heavy atom. The van der Waals surface area contributed by atoms with Crippen molar-refractivity contribution in [1.82, 2.24) is 19.9 Å². The fourth-order valence-electron chi connectivity index (χ4n) is 3.99. The van der Waals surface area contributed by atoms with Crippen LogP contribution >= 0.6 is 22.9 Å². The summed E-state index contributed by atoms with van der Waals surface area (Å²) in [4.78, 5) is 22.0. The zero-order valence-corrected chi connectivity index (χ0v) is 18.5. The summed E-state index contributed by atoms with van der Waals surface area (Å²) in [7, 11) is 1.93. The molecule has 0 spiro atoms. The molecule has 1 aliphatic rings. The number of fused-ring (bicyclic) bond motifs is 2.